The summed E-state index contributed by atoms with van der Waals surface area (Å²) in [6.07, 6.45) is 0. The van der Waals surface area contributed by atoms with E-state index < -0.39 is 0 Å². The first-order chi connectivity index (χ1) is 23.2. The molecule has 0 saturated carbocycles. The minimum atomic E-state index is 0.397. The van der Waals surface area contributed by atoms with Crippen LogP contribution in [0.4, 0.5) is 0 Å². The average molecular weight is 606 g/mol. The lowest BCUT2D eigenvalue weighted by Gasteiger charge is -2.09. The first kappa shape index (κ1) is 28.2. The third kappa shape index (κ3) is 5.81. The maximum absolute atomic E-state index is 6.70. The molecule has 4 heteroatoms. The molecule has 224 valence electrons. The third-order valence-electron chi connectivity index (χ3n) is 8.60. The van der Waals surface area contributed by atoms with Gasteiger partial charge in [-0.2, -0.15) is 0 Å². The summed E-state index contributed by atoms with van der Waals surface area (Å²) in [6.45, 7) is 0.471. The number of nitrogens with zero attached hydrogens (tertiary/aromatic N) is 2. The molecule has 0 spiro atoms. The number of furan rings is 1. The number of rotatable bonds is 6. The quantitative estimate of drug-likeness (QED) is 0.151. The number of hydrogen-bond donors (Lipinski definition) is 1. The molecule has 0 radical (unpaired) electrons. The highest BCUT2D eigenvalue weighted by molar-refractivity contribution is 6.13. The van der Waals surface area contributed by atoms with Crippen LogP contribution in [0.3, 0.4) is 0 Å². The van der Waals surface area contributed by atoms with Crippen molar-refractivity contribution in [2.24, 2.45) is 15.7 Å². The first-order valence-electron chi connectivity index (χ1n) is 15.7. The predicted molar refractivity (Wildman–Crippen MR) is 196 cm³/mol. The Balaban J connectivity index is 1.14. The van der Waals surface area contributed by atoms with Crippen molar-refractivity contribution in [1.29, 1.82) is 0 Å². The molecule has 0 saturated heterocycles. The maximum Gasteiger partial charge on any atom is 0.157 e. The molecule has 0 aliphatic heterocycles. The Kier molecular flexibility index (Phi) is 7.37. The Morgan fingerprint density at radius 2 is 1.11 bits per heavy atom. The number of para-hydroxylation sites is 1. The van der Waals surface area contributed by atoms with Crippen LogP contribution in [0.2, 0.25) is 0 Å². The largest absolute Gasteiger partial charge is 0.456 e. The highest BCUT2D eigenvalue weighted by Gasteiger charge is 2.11. The van der Waals surface area contributed by atoms with E-state index in [1.165, 1.54) is 21.9 Å². The molecule has 0 bridgehead atoms. The molecule has 1 heterocycles. The van der Waals surface area contributed by atoms with Gasteiger partial charge in [-0.3, -0.25) is 4.99 Å². The van der Waals surface area contributed by atoms with Crippen LogP contribution in [0.5, 0.6) is 0 Å². The van der Waals surface area contributed by atoms with Gasteiger partial charge >= 0.3 is 0 Å². The number of hydrogen-bond acceptors (Lipinski definition) is 2. The standard InChI is InChI=1S/C43H31N3O/c44-42(37-24-25-41-39(27-37)38-12-6-7-13-40(38)47-41)46-43(45-28-29-14-16-32(17-15-29)30-8-2-1-3-9-30)34-21-18-33(19-22-34)36-23-20-31-10-4-5-11-35(31)26-36/h1-27H,28H2,(H2,44,45,46). The third-order valence-corrected chi connectivity index (χ3v) is 8.60. The van der Waals surface area contributed by atoms with Gasteiger partial charge in [0.2, 0.25) is 0 Å². The van der Waals surface area contributed by atoms with Crippen molar-refractivity contribution in [1.82, 2.24) is 0 Å². The summed E-state index contributed by atoms with van der Waals surface area (Å²) in [4.78, 5) is 9.93. The Morgan fingerprint density at radius 3 is 1.94 bits per heavy atom. The van der Waals surface area contributed by atoms with Gasteiger partial charge in [-0.15, -0.1) is 0 Å². The molecule has 0 fully saturated rings. The number of fused-ring (bicyclic) bond motifs is 4. The van der Waals surface area contributed by atoms with Gasteiger partial charge in [-0.1, -0.05) is 133 Å². The molecule has 8 rings (SSSR count). The fraction of sp³-hybridized carbons (Fsp3) is 0.0233. The van der Waals surface area contributed by atoms with E-state index in [9.17, 15) is 0 Å². The summed E-state index contributed by atoms with van der Waals surface area (Å²) in [5, 5.41) is 4.50. The minimum absolute atomic E-state index is 0.397. The number of amidine groups is 2. The normalized spacial score (nSPS) is 12.3. The minimum Gasteiger partial charge on any atom is -0.456 e. The summed E-state index contributed by atoms with van der Waals surface area (Å²) in [5.41, 5.74) is 15.8. The van der Waals surface area contributed by atoms with Crippen molar-refractivity contribution >= 4 is 44.4 Å². The van der Waals surface area contributed by atoms with Gasteiger partial charge < -0.3 is 10.2 Å². The van der Waals surface area contributed by atoms with E-state index in [0.717, 1.165) is 49.8 Å². The molecule has 0 aliphatic rings. The van der Waals surface area contributed by atoms with Gasteiger partial charge in [0.1, 0.15) is 17.0 Å². The summed E-state index contributed by atoms with van der Waals surface area (Å²) < 4.78 is 6.03. The van der Waals surface area contributed by atoms with Crippen molar-refractivity contribution in [3.8, 4) is 22.3 Å². The fourth-order valence-electron chi connectivity index (χ4n) is 6.04. The van der Waals surface area contributed by atoms with Crippen LogP contribution in [0.25, 0.3) is 55.0 Å². The van der Waals surface area contributed by atoms with Crippen LogP contribution >= 0.6 is 0 Å². The van der Waals surface area contributed by atoms with Crippen molar-refractivity contribution in [2.75, 3.05) is 0 Å². The van der Waals surface area contributed by atoms with Crippen molar-refractivity contribution in [3.63, 3.8) is 0 Å². The summed E-state index contributed by atoms with van der Waals surface area (Å²) in [7, 11) is 0. The Morgan fingerprint density at radius 1 is 0.489 bits per heavy atom. The predicted octanol–water partition coefficient (Wildman–Crippen LogP) is 10.4. The molecule has 8 aromatic rings. The van der Waals surface area contributed by atoms with Gasteiger partial charge in [0.05, 0.1) is 6.54 Å². The van der Waals surface area contributed by atoms with Crippen molar-refractivity contribution < 1.29 is 4.42 Å². The lowest BCUT2D eigenvalue weighted by atomic mass is 10.00. The van der Waals surface area contributed by atoms with Crippen molar-refractivity contribution in [2.45, 2.75) is 6.54 Å². The number of benzene rings is 7. The van der Waals surface area contributed by atoms with Gasteiger partial charge in [-0.05, 0) is 68.9 Å². The second kappa shape index (κ2) is 12.3. The van der Waals surface area contributed by atoms with Crippen LogP contribution in [-0.4, -0.2) is 11.7 Å². The monoisotopic (exact) mass is 605 g/mol. The topological polar surface area (TPSA) is 63.9 Å². The Labute approximate surface area is 273 Å². The molecule has 2 N–H and O–H groups in total. The summed E-state index contributed by atoms with van der Waals surface area (Å²) >= 11 is 0. The highest BCUT2D eigenvalue weighted by Crippen LogP contribution is 2.30. The number of aliphatic imine (C=N–C) groups is 2. The van der Waals surface area contributed by atoms with E-state index in [2.05, 4.69) is 121 Å². The lowest BCUT2D eigenvalue weighted by molar-refractivity contribution is 0.669. The highest BCUT2D eigenvalue weighted by atomic mass is 16.3. The average Bonchev–Trinajstić information content (AvgIpc) is 3.52. The molecular formula is C43H31N3O. The lowest BCUT2D eigenvalue weighted by Crippen LogP contribution is -2.16. The van der Waals surface area contributed by atoms with Crippen LogP contribution in [0.1, 0.15) is 16.7 Å². The summed E-state index contributed by atoms with van der Waals surface area (Å²) in [6, 6.07) is 56.3. The molecule has 0 unspecified atom stereocenters. The van der Waals surface area contributed by atoms with E-state index in [4.69, 9.17) is 20.1 Å². The van der Waals surface area contributed by atoms with E-state index in [-0.39, 0.29) is 0 Å². The molecule has 4 nitrogen and oxygen atoms in total. The molecule has 47 heavy (non-hydrogen) atoms. The number of nitrogens with two attached hydrogens (primary N) is 1. The summed E-state index contributed by atoms with van der Waals surface area (Å²) in [5.74, 6) is 0.978. The van der Waals surface area contributed by atoms with Crippen LogP contribution in [0, 0.1) is 0 Å². The van der Waals surface area contributed by atoms with E-state index >= 15 is 0 Å². The van der Waals surface area contributed by atoms with E-state index in [1.54, 1.807) is 0 Å². The first-order valence-corrected chi connectivity index (χ1v) is 15.7. The molecule has 1 aromatic heterocycles. The van der Waals surface area contributed by atoms with Gasteiger partial charge in [0.15, 0.2) is 5.84 Å². The van der Waals surface area contributed by atoms with Crippen LogP contribution in [-0.2, 0) is 6.54 Å². The molecule has 0 amide bonds. The Hall–Kier alpha value is -6.26. The van der Waals surface area contributed by atoms with Gasteiger partial charge in [-0.25, -0.2) is 4.99 Å². The van der Waals surface area contributed by atoms with Crippen LogP contribution in [0.15, 0.2) is 178 Å². The Bertz CT molecular complexity index is 2420. The van der Waals surface area contributed by atoms with Crippen molar-refractivity contribution in [3.05, 3.63) is 180 Å². The van der Waals surface area contributed by atoms with E-state index in [1.807, 2.05) is 42.5 Å². The zero-order chi connectivity index (χ0) is 31.6. The second-order valence-corrected chi connectivity index (χ2v) is 11.6. The fourth-order valence-corrected chi connectivity index (χ4v) is 6.04. The second-order valence-electron chi connectivity index (χ2n) is 11.6. The van der Waals surface area contributed by atoms with Gasteiger partial charge in [0.25, 0.3) is 0 Å². The molecule has 0 atom stereocenters. The van der Waals surface area contributed by atoms with Crippen LogP contribution < -0.4 is 5.73 Å². The molecular weight excluding hydrogens is 574 g/mol. The zero-order valence-electron chi connectivity index (χ0n) is 25.7. The van der Waals surface area contributed by atoms with E-state index in [0.29, 0.717) is 18.2 Å². The van der Waals surface area contributed by atoms with Gasteiger partial charge in [0, 0.05) is 21.9 Å². The molecule has 7 aromatic carbocycles. The maximum atomic E-state index is 6.70. The molecule has 0 aliphatic carbocycles. The zero-order valence-corrected chi connectivity index (χ0v) is 25.7. The SMILES string of the molecule is NC(=NC(=NCc1ccc(-c2ccccc2)cc1)c1ccc(-c2ccc3ccccc3c2)cc1)c1ccc2oc3ccccc3c2c1. The smallest absolute Gasteiger partial charge is 0.157 e.